The lowest BCUT2D eigenvalue weighted by molar-refractivity contribution is -0.137. The van der Waals surface area contributed by atoms with Gasteiger partial charge in [0, 0.05) is 17.5 Å². The minimum absolute atomic E-state index is 0.00368. The molecule has 3 aromatic rings. The number of fused-ring (bicyclic) bond motifs is 1. The van der Waals surface area contributed by atoms with Gasteiger partial charge in [0.15, 0.2) is 0 Å². The van der Waals surface area contributed by atoms with E-state index in [0.717, 1.165) is 23.3 Å². The molecule has 2 aromatic carbocycles. The zero-order chi connectivity index (χ0) is 22.8. The summed E-state index contributed by atoms with van der Waals surface area (Å²) in [6.45, 7) is 2.84. The molecule has 1 saturated carbocycles. The maximum absolute atomic E-state index is 13.1. The molecule has 1 saturated heterocycles. The van der Waals surface area contributed by atoms with Crippen molar-refractivity contribution in [2.45, 2.75) is 44.7 Å². The average Bonchev–Trinajstić information content (AvgIpc) is 3.33. The highest BCUT2D eigenvalue weighted by atomic mass is 16.5. The standard InChI is InChI=1S/C25H26N4O4/c1-2-32-19-11-8-17(9-12-19)22-27-23(33-28-22)18-10-13-20-21(14-18)26-25(31)29(24(20)30)15-16-6-4-3-5-7-16/h3-9,11-12,18,20-21H,2,10,13-15H2,1H3,(H,26,31). The van der Waals surface area contributed by atoms with Gasteiger partial charge in [-0.1, -0.05) is 35.5 Å². The lowest BCUT2D eigenvalue weighted by atomic mass is 9.76. The Balaban J connectivity index is 1.26. The monoisotopic (exact) mass is 446 g/mol. The number of hydrogen-bond acceptors (Lipinski definition) is 6. The molecule has 1 aliphatic carbocycles. The van der Waals surface area contributed by atoms with Crippen LogP contribution < -0.4 is 10.1 Å². The molecular formula is C25H26N4O4. The fraction of sp³-hybridized carbons (Fsp3) is 0.360. The van der Waals surface area contributed by atoms with Gasteiger partial charge in [-0.25, -0.2) is 4.79 Å². The van der Waals surface area contributed by atoms with E-state index in [-0.39, 0.29) is 36.4 Å². The molecule has 0 radical (unpaired) electrons. The van der Waals surface area contributed by atoms with Crippen LogP contribution in [0.5, 0.6) is 5.75 Å². The van der Waals surface area contributed by atoms with E-state index in [4.69, 9.17) is 9.26 Å². The fourth-order valence-corrected chi connectivity index (χ4v) is 4.69. The van der Waals surface area contributed by atoms with Crippen LogP contribution in [-0.2, 0) is 11.3 Å². The number of nitrogens with one attached hydrogen (secondary N) is 1. The molecule has 3 unspecified atom stereocenters. The molecular weight excluding hydrogens is 420 g/mol. The summed E-state index contributed by atoms with van der Waals surface area (Å²) in [4.78, 5) is 31.7. The number of imide groups is 1. The normalized spacial score (nSPS) is 22.6. The highest BCUT2D eigenvalue weighted by Gasteiger charge is 2.45. The first-order valence-corrected chi connectivity index (χ1v) is 11.3. The van der Waals surface area contributed by atoms with Gasteiger partial charge in [-0.2, -0.15) is 4.98 Å². The molecule has 170 valence electrons. The van der Waals surface area contributed by atoms with Gasteiger partial charge in [0.05, 0.1) is 19.1 Å². The molecule has 2 aliphatic rings. The molecule has 8 nitrogen and oxygen atoms in total. The second kappa shape index (κ2) is 9.05. The first-order valence-electron chi connectivity index (χ1n) is 11.3. The Morgan fingerprint density at radius 3 is 2.64 bits per heavy atom. The minimum Gasteiger partial charge on any atom is -0.494 e. The quantitative estimate of drug-likeness (QED) is 0.611. The molecule has 1 aromatic heterocycles. The number of hydrogen-bond donors (Lipinski definition) is 1. The Bertz CT molecular complexity index is 1130. The molecule has 3 amide bonds. The Labute approximate surface area is 191 Å². The third-order valence-corrected chi connectivity index (χ3v) is 6.39. The second-order valence-corrected chi connectivity index (χ2v) is 8.50. The molecule has 0 spiro atoms. The third-order valence-electron chi connectivity index (χ3n) is 6.39. The van der Waals surface area contributed by atoms with E-state index in [1.165, 1.54) is 4.90 Å². The summed E-state index contributed by atoms with van der Waals surface area (Å²) >= 11 is 0. The number of aromatic nitrogens is 2. The van der Waals surface area contributed by atoms with Gasteiger partial charge in [0.1, 0.15) is 5.75 Å². The number of urea groups is 1. The highest BCUT2D eigenvalue weighted by molar-refractivity contribution is 5.98. The van der Waals surface area contributed by atoms with Crippen LogP contribution in [0.1, 0.15) is 43.6 Å². The van der Waals surface area contributed by atoms with Gasteiger partial charge in [-0.05, 0) is 56.0 Å². The number of rotatable bonds is 6. The summed E-state index contributed by atoms with van der Waals surface area (Å²) < 4.78 is 11.0. The zero-order valence-corrected chi connectivity index (χ0v) is 18.4. The Kier molecular flexibility index (Phi) is 5.81. The number of carbonyl (C=O) groups excluding carboxylic acids is 2. The SMILES string of the molecule is CCOc1ccc(-c2noc(C3CCC4C(=O)N(Cc5ccccc5)C(=O)NC4C3)n2)cc1. The molecule has 33 heavy (non-hydrogen) atoms. The molecule has 0 bridgehead atoms. The molecule has 2 heterocycles. The van der Waals surface area contributed by atoms with Crippen molar-refractivity contribution in [3.63, 3.8) is 0 Å². The fourth-order valence-electron chi connectivity index (χ4n) is 4.69. The maximum atomic E-state index is 13.1. The summed E-state index contributed by atoms with van der Waals surface area (Å²) in [5.41, 5.74) is 1.78. The number of carbonyl (C=O) groups is 2. The highest BCUT2D eigenvalue weighted by Crippen LogP contribution is 2.38. The van der Waals surface area contributed by atoms with Crippen LogP contribution in [0.4, 0.5) is 4.79 Å². The van der Waals surface area contributed by atoms with Crippen molar-refractivity contribution in [1.29, 1.82) is 0 Å². The lowest BCUT2D eigenvalue weighted by Gasteiger charge is -2.41. The van der Waals surface area contributed by atoms with Crippen molar-refractivity contribution in [3.8, 4) is 17.1 Å². The van der Waals surface area contributed by atoms with Crippen molar-refractivity contribution < 1.29 is 18.8 Å². The van der Waals surface area contributed by atoms with Gasteiger partial charge in [-0.3, -0.25) is 9.69 Å². The zero-order valence-electron chi connectivity index (χ0n) is 18.4. The largest absolute Gasteiger partial charge is 0.494 e. The van der Waals surface area contributed by atoms with Gasteiger partial charge in [0.2, 0.25) is 17.6 Å². The van der Waals surface area contributed by atoms with E-state index in [0.29, 0.717) is 31.2 Å². The molecule has 3 atom stereocenters. The predicted molar refractivity (Wildman–Crippen MR) is 120 cm³/mol. The smallest absolute Gasteiger partial charge is 0.324 e. The van der Waals surface area contributed by atoms with Crippen LogP contribution in [0.2, 0.25) is 0 Å². The minimum atomic E-state index is -0.341. The van der Waals surface area contributed by atoms with Crippen molar-refractivity contribution in [2.24, 2.45) is 5.92 Å². The van der Waals surface area contributed by atoms with Crippen LogP contribution in [0.15, 0.2) is 59.1 Å². The van der Waals surface area contributed by atoms with Crippen LogP contribution in [0.3, 0.4) is 0 Å². The first kappa shape index (κ1) is 21.2. The molecule has 1 aliphatic heterocycles. The van der Waals surface area contributed by atoms with Crippen molar-refractivity contribution in [2.75, 3.05) is 6.61 Å². The van der Waals surface area contributed by atoms with E-state index < -0.39 is 0 Å². The topological polar surface area (TPSA) is 97.6 Å². The van der Waals surface area contributed by atoms with E-state index in [9.17, 15) is 9.59 Å². The van der Waals surface area contributed by atoms with E-state index >= 15 is 0 Å². The van der Waals surface area contributed by atoms with Gasteiger partial charge >= 0.3 is 6.03 Å². The van der Waals surface area contributed by atoms with E-state index in [1.54, 1.807) is 0 Å². The Morgan fingerprint density at radius 1 is 1.09 bits per heavy atom. The number of nitrogens with zero attached hydrogens (tertiary/aromatic N) is 3. The first-order chi connectivity index (χ1) is 16.1. The Morgan fingerprint density at radius 2 is 1.88 bits per heavy atom. The third kappa shape index (κ3) is 4.33. The lowest BCUT2D eigenvalue weighted by Crippen LogP contribution is -2.60. The summed E-state index contributed by atoms with van der Waals surface area (Å²) in [5, 5.41) is 7.18. The maximum Gasteiger partial charge on any atom is 0.324 e. The van der Waals surface area contributed by atoms with Crippen molar-refractivity contribution in [3.05, 3.63) is 66.1 Å². The van der Waals surface area contributed by atoms with Crippen LogP contribution in [0.25, 0.3) is 11.4 Å². The van der Waals surface area contributed by atoms with Gasteiger partial charge in [0.25, 0.3) is 0 Å². The second-order valence-electron chi connectivity index (χ2n) is 8.50. The van der Waals surface area contributed by atoms with Gasteiger partial charge < -0.3 is 14.6 Å². The molecule has 5 rings (SSSR count). The van der Waals surface area contributed by atoms with Crippen LogP contribution in [0, 0.1) is 5.92 Å². The van der Waals surface area contributed by atoms with Crippen LogP contribution in [-0.4, -0.2) is 39.6 Å². The number of amides is 3. The number of ether oxygens (including phenoxy) is 1. The number of benzene rings is 2. The summed E-state index contributed by atoms with van der Waals surface area (Å²) in [7, 11) is 0. The van der Waals surface area contributed by atoms with E-state index in [2.05, 4.69) is 15.5 Å². The summed E-state index contributed by atoms with van der Waals surface area (Å²) in [6, 6.07) is 16.6. The van der Waals surface area contributed by atoms with Crippen LogP contribution >= 0.6 is 0 Å². The summed E-state index contributed by atoms with van der Waals surface area (Å²) in [6.07, 6.45) is 2.03. The Hall–Kier alpha value is -3.68. The average molecular weight is 447 g/mol. The molecule has 1 N–H and O–H groups in total. The van der Waals surface area contributed by atoms with Crippen molar-refractivity contribution in [1.82, 2.24) is 20.4 Å². The summed E-state index contributed by atoms with van der Waals surface area (Å²) in [5.74, 6) is 1.54. The molecule has 8 heteroatoms. The predicted octanol–water partition coefficient (Wildman–Crippen LogP) is 4.14. The van der Waals surface area contributed by atoms with E-state index in [1.807, 2.05) is 61.5 Å². The molecule has 2 fully saturated rings. The van der Waals surface area contributed by atoms with Crippen molar-refractivity contribution >= 4 is 11.9 Å². The van der Waals surface area contributed by atoms with Gasteiger partial charge in [-0.15, -0.1) is 0 Å².